The van der Waals surface area contributed by atoms with Crippen molar-refractivity contribution in [1.29, 1.82) is 0 Å². The molecule has 6 aromatic rings. The lowest BCUT2D eigenvalue weighted by atomic mass is 10.0. The molecule has 4 nitrogen and oxygen atoms in total. The Balaban J connectivity index is 0.000000135. The van der Waals surface area contributed by atoms with Crippen LogP contribution in [0.25, 0.3) is 44.3 Å². The summed E-state index contributed by atoms with van der Waals surface area (Å²) in [6.07, 6.45) is 3.94. The predicted octanol–water partition coefficient (Wildman–Crippen LogP) is 10.1. The maximum atomic E-state index is 5.47. The van der Waals surface area contributed by atoms with Crippen molar-refractivity contribution in [3.63, 3.8) is 0 Å². The van der Waals surface area contributed by atoms with Gasteiger partial charge in [-0.05, 0) is 65.9 Å². The van der Waals surface area contributed by atoms with Crippen molar-refractivity contribution in [2.45, 2.75) is 18.2 Å². The number of hydrogen-bond acceptors (Lipinski definition) is 3. The second-order valence-corrected chi connectivity index (χ2v) is 13.6. The topological polar surface area (TPSA) is 55.6 Å². The molecule has 2 aromatic heterocycles. The van der Waals surface area contributed by atoms with Crippen molar-refractivity contribution in [3.8, 4) is 22.5 Å². The van der Waals surface area contributed by atoms with E-state index in [1.54, 1.807) is 0 Å². The van der Waals surface area contributed by atoms with E-state index in [-0.39, 0.29) is 0 Å². The predicted molar refractivity (Wildman–Crippen MR) is 187 cm³/mol. The minimum Gasteiger partial charge on any atom is -0.372 e. The Kier molecular flexibility index (Phi) is 7.19. The van der Waals surface area contributed by atoms with Gasteiger partial charge in [0.05, 0.1) is 21.8 Å². The van der Waals surface area contributed by atoms with Gasteiger partial charge >= 0.3 is 0 Å². The molecule has 0 saturated heterocycles. The number of fused-ring (bicyclic) bond motifs is 10. The van der Waals surface area contributed by atoms with Gasteiger partial charge in [0.15, 0.2) is 0 Å². The number of aromatic amines is 2. The maximum absolute atomic E-state index is 5.47. The summed E-state index contributed by atoms with van der Waals surface area (Å²) in [4.78, 5) is 8.01. The second-order valence-electron chi connectivity index (χ2n) is 10.2. The van der Waals surface area contributed by atoms with Gasteiger partial charge in [-0.2, -0.15) is 0 Å². The van der Waals surface area contributed by atoms with Gasteiger partial charge in [-0.1, -0.05) is 80.5 Å². The number of para-hydroxylation sites is 2. The highest BCUT2D eigenvalue weighted by atomic mass is 79.9. The monoisotopic (exact) mass is 700 g/mol. The van der Waals surface area contributed by atoms with Crippen molar-refractivity contribution in [2.75, 3.05) is 16.9 Å². The number of nitrogens with one attached hydrogen (secondary N) is 4. The van der Waals surface area contributed by atoms with Crippen LogP contribution >= 0.6 is 55.8 Å². The first-order valence-electron chi connectivity index (χ1n) is 13.4. The first kappa shape index (κ1) is 26.8. The number of hydrogen-bond donors (Lipinski definition) is 4. The molecule has 2 aliphatic rings. The number of aromatic nitrogens is 2. The maximum Gasteiger partial charge on any atom is 0.0842 e. The van der Waals surface area contributed by atoms with E-state index in [1.807, 2.05) is 17.8 Å². The molecule has 1 unspecified atom stereocenters. The summed E-state index contributed by atoms with van der Waals surface area (Å²) in [7, 11) is 0. The number of rotatable bonds is 1. The van der Waals surface area contributed by atoms with Crippen molar-refractivity contribution in [3.05, 3.63) is 105 Å². The number of benzene rings is 4. The molecule has 0 saturated carbocycles. The average Bonchev–Trinajstić information content (AvgIpc) is 3.40. The van der Waals surface area contributed by atoms with Crippen LogP contribution in [0, 0.1) is 0 Å². The van der Waals surface area contributed by atoms with Crippen LogP contribution in [-0.2, 0) is 12.8 Å². The molecule has 204 valence electrons. The van der Waals surface area contributed by atoms with Gasteiger partial charge in [0.25, 0.3) is 0 Å². The van der Waals surface area contributed by atoms with Crippen LogP contribution < -0.4 is 10.6 Å². The summed E-state index contributed by atoms with van der Waals surface area (Å²) in [5.41, 5.74) is 12.2. The fraction of sp³-hybridized carbons (Fsp3) is 0.121. The molecule has 0 fully saturated rings. The summed E-state index contributed by atoms with van der Waals surface area (Å²) in [5.74, 6) is 0. The number of thiocarbonyl (C=S) groups is 1. The Labute approximate surface area is 265 Å². The zero-order valence-electron chi connectivity index (χ0n) is 22.1. The van der Waals surface area contributed by atoms with E-state index in [4.69, 9.17) is 12.2 Å². The first-order valence-corrected chi connectivity index (χ1v) is 16.6. The molecule has 0 spiro atoms. The summed E-state index contributed by atoms with van der Waals surface area (Å²) < 4.78 is 2.21. The lowest BCUT2D eigenvalue weighted by Crippen LogP contribution is -2.16. The summed E-state index contributed by atoms with van der Waals surface area (Å²) in [6.45, 7) is 0. The SMILES string of the molecule is CSC1Cc2c([nH]c3ccc(Br)cc23)-c2ccccc2N1.S=C1Cc2c([nH]c3ccc(Br)cc23)-c2ccccc2N1. The van der Waals surface area contributed by atoms with Crippen LogP contribution in [0.15, 0.2) is 93.9 Å². The minimum absolute atomic E-state index is 0.394. The number of thioether (sulfide) groups is 1. The fourth-order valence-corrected chi connectivity index (χ4v) is 7.39. The largest absolute Gasteiger partial charge is 0.372 e. The van der Waals surface area contributed by atoms with Gasteiger partial charge in [-0.3, -0.25) is 0 Å². The van der Waals surface area contributed by atoms with Crippen molar-refractivity contribution < 1.29 is 0 Å². The standard InChI is InChI=1S/C17H15BrN2S.C16H11BrN2S/c1-21-16-9-13-12-8-10(18)6-7-15(12)20-17(13)11-4-2-3-5-14(11)19-16;17-9-5-6-14-11(7-9)12-8-15(20)18-13-4-2-1-3-10(13)16(12)19-14/h2-8,16,19-20H,9H2,1H3;1-7,19H,8H2,(H,18,20). The van der Waals surface area contributed by atoms with E-state index < -0.39 is 0 Å². The third kappa shape index (κ3) is 5.01. The molecule has 4 heterocycles. The Morgan fingerprint density at radius 2 is 1.29 bits per heavy atom. The van der Waals surface area contributed by atoms with Crippen molar-refractivity contribution in [2.24, 2.45) is 0 Å². The van der Waals surface area contributed by atoms with Gasteiger partial charge in [0, 0.05) is 66.1 Å². The number of H-pyrrole nitrogens is 2. The summed E-state index contributed by atoms with van der Waals surface area (Å²) in [6, 6.07) is 29.6. The highest BCUT2D eigenvalue weighted by molar-refractivity contribution is 9.10. The van der Waals surface area contributed by atoms with Crippen LogP contribution in [0.1, 0.15) is 11.1 Å². The Hall–Kier alpha value is -3.04. The number of anilines is 2. The van der Waals surface area contributed by atoms with Crippen molar-refractivity contribution >= 4 is 94.0 Å². The van der Waals surface area contributed by atoms with Gasteiger partial charge in [-0.25, -0.2) is 0 Å². The molecule has 4 N–H and O–H groups in total. The van der Waals surface area contributed by atoms with E-state index in [0.717, 1.165) is 38.0 Å². The Morgan fingerprint density at radius 1 is 0.732 bits per heavy atom. The quantitative estimate of drug-likeness (QED) is 0.129. The molecule has 1 atom stereocenters. The molecular formula is C33H26Br2N4S2. The summed E-state index contributed by atoms with van der Waals surface area (Å²) in [5, 5.41) is 9.93. The molecular weight excluding hydrogens is 676 g/mol. The molecule has 8 heteroatoms. The third-order valence-electron chi connectivity index (χ3n) is 7.73. The molecule has 2 aliphatic heterocycles. The highest BCUT2D eigenvalue weighted by Gasteiger charge is 2.24. The van der Waals surface area contributed by atoms with Gasteiger partial charge < -0.3 is 20.6 Å². The second kappa shape index (κ2) is 11.0. The van der Waals surface area contributed by atoms with Crippen LogP contribution in [0.4, 0.5) is 11.4 Å². The van der Waals surface area contributed by atoms with Crippen LogP contribution in [0.5, 0.6) is 0 Å². The van der Waals surface area contributed by atoms with Crippen molar-refractivity contribution in [1.82, 2.24) is 9.97 Å². The van der Waals surface area contributed by atoms with Gasteiger partial charge in [-0.15, -0.1) is 11.8 Å². The Bertz CT molecular complexity index is 1960. The van der Waals surface area contributed by atoms with E-state index in [1.165, 1.54) is 55.6 Å². The van der Waals surface area contributed by atoms with E-state index in [2.05, 4.69) is 138 Å². The molecule has 0 amide bonds. The normalized spacial score (nSPS) is 15.3. The fourth-order valence-electron chi connectivity index (χ4n) is 5.84. The van der Waals surface area contributed by atoms with Crippen LogP contribution in [-0.4, -0.2) is 26.6 Å². The zero-order chi connectivity index (χ0) is 28.1. The van der Waals surface area contributed by atoms with Crippen LogP contribution in [0.2, 0.25) is 0 Å². The molecule has 8 rings (SSSR count). The van der Waals surface area contributed by atoms with E-state index >= 15 is 0 Å². The van der Waals surface area contributed by atoms with Gasteiger partial charge in [0.2, 0.25) is 0 Å². The average molecular weight is 703 g/mol. The number of halogens is 2. The molecule has 0 bridgehead atoms. The minimum atomic E-state index is 0.394. The smallest absolute Gasteiger partial charge is 0.0842 e. The first-order chi connectivity index (χ1) is 20.0. The zero-order valence-corrected chi connectivity index (χ0v) is 27.0. The lowest BCUT2D eigenvalue weighted by Gasteiger charge is -2.15. The summed E-state index contributed by atoms with van der Waals surface area (Å²) >= 11 is 14.5. The molecule has 4 aromatic carbocycles. The third-order valence-corrected chi connectivity index (χ3v) is 9.82. The van der Waals surface area contributed by atoms with Crippen LogP contribution in [0.3, 0.4) is 0 Å². The molecule has 0 aliphatic carbocycles. The van der Waals surface area contributed by atoms with E-state index in [9.17, 15) is 0 Å². The molecule has 0 radical (unpaired) electrons. The molecule has 41 heavy (non-hydrogen) atoms. The lowest BCUT2D eigenvalue weighted by molar-refractivity contribution is 0.980. The Morgan fingerprint density at radius 3 is 1.95 bits per heavy atom. The highest BCUT2D eigenvalue weighted by Crippen LogP contribution is 2.41. The van der Waals surface area contributed by atoms with Gasteiger partial charge in [0.1, 0.15) is 0 Å². The van der Waals surface area contributed by atoms with E-state index in [0.29, 0.717) is 5.37 Å².